The summed E-state index contributed by atoms with van der Waals surface area (Å²) in [6.45, 7) is 4.44. The summed E-state index contributed by atoms with van der Waals surface area (Å²) in [5.74, 6) is -0.627. The van der Waals surface area contributed by atoms with Gasteiger partial charge in [-0.3, -0.25) is 4.79 Å². The number of aromatic nitrogens is 3. The van der Waals surface area contributed by atoms with Crippen molar-refractivity contribution >= 4 is 28.5 Å². The molecule has 2 aromatic carbocycles. The number of imidazole rings is 1. The van der Waals surface area contributed by atoms with Gasteiger partial charge in [0.05, 0.1) is 24.5 Å². The van der Waals surface area contributed by atoms with Crippen LogP contribution in [0.3, 0.4) is 0 Å². The van der Waals surface area contributed by atoms with Crippen molar-refractivity contribution in [3.63, 3.8) is 0 Å². The summed E-state index contributed by atoms with van der Waals surface area (Å²) in [5, 5.41) is 0.828. The van der Waals surface area contributed by atoms with Crippen LogP contribution in [-0.4, -0.2) is 26.7 Å². The molecule has 0 fully saturated rings. The molecule has 0 N–H and O–H groups in total. The number of pyridine rings is 1. The lowest BCUT2D eigenvalue weighted by Crippen LogP contribution is -2.21. The Morgan fingerprint density at radius 2 is 1.97 bits per heavy atom. The van der Waals surface area contributed by atoms with E-state index in [4.69, 9.17) is 16.3 Å². The first-order chi connectivity index (χ1) is 15.0. The molecule has 0 aliphatic rings. The van der Waals surface area contributed by atoms with Gasteiger partial charge in [-0.25, -0.2) is 9.78 Å². The van der Waals surface area contributed by atoms with E-state index in [1.54, 1.807) is 31.7 Å². The van der Waals surface area contributed by atoms with Crippen molar-refractivity contribution in [2.75, 3.05) is 6.61 Å². The molecule has 0 aliphatic carbocycles. The van der Waals surface area contributed by atoms with Crippen molar-refractivity contribution in [1.82, 2.24) is 14.1 Å². The molecule has 2 aromatic heterocycles. The lowest BCUT2D eigenvalue weighted by atomic mass is 9.96. The van der Waals surface area contributed by atoms with Gasteiger partial charge in [0.2, 0.25) is 5.43 Å². The van der Waals surface area contributed by atoms with E-state index in [1.807, 2.05) is 58.7 Å². The van der Waals surface area contributed by atoms with E-state index in [9.17, 15) is 9.59 Å². The molecule has 0 saturated heterocycles. The number of carbonyl (C=O) groups excluding carboxylic acids is 1. The molecule has 2 heterocycles. The van der Waals surface area contributed by atoms with Crippen molar-refractivity contribution < 1.29 is 9.53 Å². The van der Waals surface area contributed by atoms with Crippen LogP contribution in [0.25, 0.3) is 10.9 Å². The smallest absolute Gasteiger partial charge is 0.343 e. The number of nitrogens with zero attached hydrogens (tertiary/aromatic N) is 3. The highest BCUT2D eigenvalue weighted by Crippen LogP contribution is 2.34. The maximum atomic E-state index is 13.1. The van der Waals surface area contributed by atoms with E-state index in [0.717, 1.165) is 11.1 Å². The van der Waals surface area contributed by atoms with E-state index >= 15 is 0 Å². The van der Waals surface area contributed by atoms with Gasteiger partial charge in [0.1, 0.15) is 5.56 Å². The zero-order valence-electron chi connectivity index (χ0n) is 17.3. The maximum absolute atomic E-state index is 13.1. The number of fused-ring (bicyclic) bond motifs is 1. The Labute approximate surface area is 184 Å². The van der Waals surface area contributed by atoms with Crippen molar-refractivity contribution in [3.8, 4) is 0 Å². The highest BCUT2D eigenvalue weighted by Gasteiger charge is 2.22. The minimum atomic E-state index is -0.627. The van der Waals surface area contributed by atoms with Crippen LogP contribution in [0.5, 0.6) is 0 Å². The largest absolute Gasteiger partial charge is 0.462 e. The Morgan fingerprint density at radius 1 is 1.19 bits per heavy atom. The summed E-state index contributed by atoms with van der Waals surface area (Å²) in [5.41, 5.74) is 2.21. The standard InChI is InChI=1S/C24H22ClN3O3/c1-3-27-14-19(24(30)31-4-2)23(29)18-12-20(25)17(13-21(18)27)22(28-11-10-26-15-28)16-8-6-5-7-9-16/h5-15,22H,3-4H2,1-2H3. The van der Waals surface area contributed by atoms with E-state index in [-0.39, 0.29) is 23.6 Å². The second kappa shape index (κ2) is 8.78. The van der Waals surface area contributed by atoms with Crippen molar-refractivity contribution in [1.29, 1.82) is 0 Å². The molecule has 4 aromatic rings. The second-order valence-corrected chi connectivity index (χ2v) is 7.50. The van der Waals surface area contributed by atoms with E-state index in [2.05, 4.69) is 4.98 Å². The molecule has 4 rings (SSSR count). The van der Waals surface area contributed by atoms with Crippen LogP contribution in [0, 0.1) is 0 Å². The van der Waals surface area contributed by atoms with Gasteiger partial charge in [-0.2, -0.15) is 0 Å². The molecule has 1 unspecified atom stereocenters. The van der Waals surface area contributed by atoms with Gasteiger partial charge in [0.15, 0.2) is 0 Å². The number of hydrogen-bond donors (Lipinski definition) is 0. The van der Waals surface area contributed by atoms with E-state index in [1.165, 1.54) is 0 Å². The zero-order chi connectivity index (χ0) is 22.0. The van der Waals surface area contributed by atoms with Crippen LogP contribution in [-0.2, 0) is 11.3 Å². The van der Waals surface area contributed by atoms with Gasteiger partial charge in [-0.05, 0) is 31.5 Å². The minimum Gasteiger partial charge on any atom is -0.462 e. The lowest BCUT2D eigenvalue weighted by molar-refractivity contribution is 0.0524. The average Bonchev–Trinajstić information content (AvgIpc) is 3.30. The summed E-state index contributed by atoms with van der Waals surface area (Å²) < 4.78 is 8.91. The van der Waals surface area contributed by atoms with Crippen LogP contribution in [0.1, 0.15) is 41.4 Å². The highest BCUT2D eigenvalue weighted by molar-refractivity contribution is 6.32. The molecule has 0 saturated carbocycles. The Balaban J connectivity index is 1.97. The van der Waals surface area contributed by atoms with Crippen molar-refractivity contribution in [3.05, 3.63) is 99.3 Å². The second-order valence-electron chi connectivity index (χ2n) is 7.09. The molecule has 6 nitrogen and oxygen atoms in total. The molecule has 1 atom stereocenters. The fourth-order valence-corrected chi connectivity index (χ4v) is 4.09. The van der Waals surface area contributed by atoms with Gasteiger partial charge in [0, 0.05) is 41.1 Å². The summed E-state index contributed by atoms with van der Waals surface area (Å²) in [6, 6.07) is 13.3. The van der Waals surface area contributed by atoms with Crippen LogP contribution < -0.4 is 5.43 Å². The summed E-state index contributed by atoms with van der Waals surface area (Å²) >= 11 is 6.73. The Hall–Kier alpha value is -3.38. The van der Waals surface area contributed by atoms with Crippen LogP contribution >= 0.6 is 11.6 Å². The number of ether oxygens (including phenoxy) is 1. The summed E-state index contributed by atoms with van der Waals surface area (Å²) in [7, 11) is 0. The zero-order valence-corrected chi connectivity index (χ0v) is 18.0. The fraction of sp³-hybridized carbons (Fsp3) is 0.208. The third kappa shape index (κ3) is 3.86. The highest BCUT2D eigenvalue weighted by atomic mass is 35.5. The molecule has 0 bridgehead atoms. The SMILES string of the molecule is CCOC(=O)c1cn(CC)c2cc(C(c3ccccc3)n3ccnc3)c(Cl)cc2c1=O. The monoisotopic (exact) mass is 435 g/mol. The summed E-state index contributed by atoms with van der Waals surface area (Å²) in [6.07, 6.45) is 6.91. The first kappa shape index (κ1) is 20.9. The molecule has 0 radical (unpaired) electrons. The van der Waals surface area contributed by atoms with E-state index in [0.29, 0.717) is 22.5 Å². The van der Waals surface area contributed by atoms with Crippen molar-refractivity contribution in [2.24, 2.45) is 0 Å². The van der Waals surface area contributed by atoms with Crippen LogP contribution in [0.4, 0.5) is 0 Å². The fourth-order valence-electron chi connectivity index (χ4n) is 3.82. The Bertz CT molecular complexity index is 1280. The average molecular weight is 436 g/mol. The minimum absolute atomic E-state index is 0.00855. The third-order valence-electron chi connectivity index (χ3n) is 5.27. The maximum Gasteiger partial charge on any atom is 0.343 e. The predicted octanol–water partition coefficient (Wildman–Crippen LogP) is 4.69. The molecule has 7 heteroatoms. The first-order valence-corrected chi connectivity index (χ1v) is 10.5. The molecular formula is C24H22ClN3O3. The number of rotatable bonds is 6. The molecule has 158 valence electrons. The summed E-state index contributed by atoms with van der Waals surface area (Å²) in [4.78, 5) is 29.6. The van der Waals surface area contributed by atoms with Gasteiger partial charge >= 0.3 is 5.97 Å². The third-order valence-corrected chi connectivity index (χ3v) is 5.59. The Kier molecular flexibility index (Phi) is 5.91. The predicted molar refractivity (Wildman–Crippen MR) is 121 cm³/mol. The number of aryl methyl sites for hydroxylation is 1. The molecule has 31 heavy (non-hydrogen) atoms. The van der Waals surface area contributed by atoms with Crippen molar-refractivity contribution in [2.45, 2.75) is 26.4 Å². The Morgan fingerprint density at radius 3 is 2.61 bits per heavy atom. The molecular weight excluding hydrogens is 414 g/mol. The van der Waals surface area contributed by atoms with Gasteiger partial charge in [-0.15, -0.1) is 0 Å². The van der Waals surface area contributed by atoms with Crippen LogP contribution in [0.2, 0.25) is 5.02 Å². The number of hydrogen-bond acceptors (Lipinski definition) is 4. The van der Waals surface area contributed by atoms with Gasteiger partial charge in [-0.1, -0.05) is 41.9 Å². The number of esters is 1. The molecule has 0 spiro atoms. The topological polar surface area (TPSA) is 66.1 Å². The number of carbonyl (C=O) groups is 1. The lowest BCUT2D eigenvalue weighted by Gasteiger charge is -2.22. The molecule has 0 amide bonds. The van der Waals surface area contributed by atoms with Gasteiger partial charge in [0.25, 0.3) is 0 Å². The first-order valence-electron chi connectivity index (χ1n) is 10.1. The van der Waals surface area contributed by atoms with Crippen LogP contribution in [0.15, 0.2) is 72.2 Å². The quantitative estimate of drug-likeness (QED) is 0.412. The number of benzene rings is 2. The molecule has 0 aliphatic heterocycles. The van der Waals surface area contributed by atoms with E-state index < -0.39 is 5.97 Å². The normalized spacial score (nSPS) is 12.1. The van der Waals surface area contributed by atoms with Gasteiger partial charge < -0.3 is 13.9 Å². The number of halogens is 1.